The van der Waals surface area contributed by atoms with Crippen LogP contribution < -0.4 is 20.9 Å². The molecule has 0 unspecified atom stereocenters. The van der Waals surface area contributed by atoms with Crippen molar-refractivity contribution < 1.29 is 19.0 Å². The van der Waals surface area contributed by atoms with Crippen molar-refractivity contribution in [2.24, 2.45) is 0 Å². The Morgan fingerprint density at radius 1 is 0.882 bits per heavy atom. The number of ether oxygens (including phenoxy) is 3. The summed E-state index contributed by atoms with van der Waals surface area (Å²) in [6.07, 6.45) is 4.32. The zero-order chi connectivity index (χ0) is 24.2. The number of nitrogen functional groups attached to an aromatic ring is 2. The normalized spacial score (nSPS) is 10.6. The smallest absolute Gasteiger partial charge is 0.330 e. The Bertz CT molecular complexity index is 1150. The molecule has 0 radical (unpaired) electrons. The molecular weight excluding hydrogens is 430 g/mol. The Balaban J connectivity index is 1.33. The summed E-state index contributed by atoms with van der Waals surface area (Å²) in [5, 5.41) is 8.80. The van der Waals surface area contributed by atoms with Gasteiger partial charge in [-0.2, -0.15) is 5.26 Å². The van der Waals surface area contributed by atoms with Gasteiger partial charge in [-0.1, -0.05) is 18.2 Å². The predicted octanol–water partition coefficient (Wildman–Crippen LogP) is 4.37. The van der Waals surface area contributed by atoms with Crippen LogP contribution in [-0.4, -0.2) is 25.8 Å². The van der Waals surface area contributed by atoms with Gasteiger partial charge in [0.2, 0.25) is 0 Å². The predicted molar refractivity (Wildman–Crippen MR) is 132 cm³/mol. The second kappa shape index (κ2) is 12.6. The molecule has 0 fully saturated rings. The molecule has 4 N–H and O–H groups in total. The minimum absolute atomic E-state index is 0.235. The average molecular weight is 458 g/mol. The van der Waals surface area contributed by atoms with Crippen molar-refractivity contribution in [1.82, 2.24) is 0 Å². The number of nitrogens with two attached hydrogens (primary N) is 2. The first-order valence-electron chi connectivity index (χ1n) is 10.9. The fourth-order valence-electron chi connectivity index (χ4n) is 3.05. The van der Waals surface area contributed by atoms with Crippen molar-refractivity contribution in [1.29, 1.82) is 5.26 Å². The number of hydrogen-bond acceptors (Lipinski definition) is 7. The first kappa shape index (κ1) is 24.2. The van der Waals surface area contributed by atoms with E-state index in [0.29, 0.717) is 36.6 Å². The van der Waals surface area contributed by atoms with Crippen LogP contribution in [0.15, 0.2) is 72.8 Å². The summed E-state index contributed by atoms with van der Waals surface area (Å²) in [6.45, 7) is 1.26. The van der Waals surface area contributed by atoms with Crippen LogP contribution in [0.5, 0.6) is 11.5 Å². The van der Waals surface area contributed by atoms with E-state index in [9.17, 15) is 4.79 Å². The number of nitrogens with zero attached hydrogens (tertiary/aromatic N) is 1. The van der Waals surface area contributed by atoms with Crippen molar-refractivity contribution in [2.75, 3.05) is 31.3 Å². The molecule has 0 heterocycles. The molecule has 174 valence electrons. The number of rotatable bonds is 11. The van der Waals surface area contributed by atoms with Crippen LogP contribution in [0.4, 0.5) is 11.4 Å². The SMILES string of the molecule is N#Cc1ccc(OCCCOc2ccc(C=CC(=O)OCCc3ccc(N)cc3N)cc2)cc1. The van der Waals surface area contributed by atoms with Gasteiger partial charge in [0, 0.05) is 30.3 Å². The van der Waals surface area contributed by atoms with Gasteiger partial charge in [0.25, 0.3) is 0 Å². The molecule has 0 saturated heterocycles. The van der Waals surface area contributed by atoms with Crippen LogP contribution in [0.25, 0.3) is 6.08 Å². The van der Waals surface area contributed by atoms with E-state index in [2.05, 4.69) is 6.07 Å². The lowest BCUT2D eigenvalue weighted by Gasteiger charge is -2.08. The zero-order valence-corrected chi connectivity index (χ0v) is 18.8. The number of carbonyl (C=O) groups is 1. The van der Waals surface area contributed by atoms with Gasteiger partial charge in [0.05, 0.1) is 31.5 Å². The molecule has 0 aliphatic heterocycles. The number of anilines is 2. The molecule has 0 atom stereocenters. The van der Waals surface area contributed by atoms with Gasteiger partial charge in [0.1, 0.15) is 11.5 Å². The molecule has 0 amide bonds. The molecule has 0 bridgehead atoms. The molecule has 0 aliphatic carbocycles. The minimum Gasteiger partial charge on any atom is -0.493 e. The number of esters is 1. The number of nitriles is 1. The van der Waals surface area contributed by atoms with E-state index in [1.54, 1.807) is 42.5 Å². The third kappa shape index (κ3) is 7.92. The van der Waals surface area contributed by atoms with Crippen LogP contribution in [-0.2, 0) is 16.0 Å². The molecular formula is C27H27N3O4. The number of benzene rings is 3. The van der Waals surface area contributed by atoms with Crippen molar-refractivity contribution in [3.63, 3.8) is 0 Å². The summed E-state index contributed by atoms with van der Waals surface area (Å²) in [7, 11) is 0. The summed E-state index contributed by atoms with van der Waals surface area (Å²) in [5.74, 6) is 1.04. The van der Waals surface area contributed by atoms with Crippen molar-refractivity contribution in [3.05, 3.63) is 89.5 Å². The van der Waals surface area contributed by atoms with Crippen LogP contribution in [0.2, 0.25) is 0 Å². The summed E-state index contributed by atoms with van der Waals surface area (Å²) < 4.78 is 16.6. The largest absolute Gasteiger partial charge is 0.493 e. The maximum atomic E-state index is 11.9. The van der Waals surface area contributed by atoms with Gasteiger partial charge in [-0.15, -0.1) is 0 Å². The lowest BCUT2D eigenvalue weighted by Crippen LogP contribution is -2.06. The fraction of sp³-hybridized carbons (Fsp3) is 0.185. The number of carbonyl (C=O) groups excluding carboxylic acids is 1. The Morgan fingerprint density at radius 3 is 2.15 bits per heavy atom. The van der Waals surface area contributed by atoms with Gasteiger partial charge in [-0.25, -0.2) is 4.79 Å². The molecule has 34 heavy (non-hydrogen) atoms. The van der Waals surface area contributed by atoms with E-state index < -0.39 is 5.97 Å². The molecule has 7 heteroatoms. The van der Waals surface area contributed by atoms with Crippen LogP contribution in [0.3, 0.4) is 0 Å². The number of hydrogen-bond donors (Lipinski definition) is 2. The second-order valence-corrected chi connectivity index (χ2v) is 7.46. The monoisotopic (exact) mass is 457 g/mol. The molecule has 0 spiro atoms. The van der Waals surface area contributed by atoms with Gasteiger partial charge in [-0.3, -0.25) is 0 Å². The molecule has 3 aromatic carbocycles. The first-order valence-corrected chi connectivity index (χ1v) is 10.9. The quantitative estimate of drug-likeness (QED) is 0.190. The van der Waals surface area contributed by atoms with E-state index in [4.69, 9.17) is 30.9 Å². The standard InChI is InChI=1S/C27H27N3O4/c28-19-21-4-11-25(12-5-21)33-16-1-15-32-24-9-2-20(3-10-24)6-13-27(31)34-17-14-22-7-8-23(29)18-26(22)30/h2-13,18H,1,14-17,29-30H2. The lowest BCUT2D eigenvalue weighted by molar-refractivity contribution is -0.137. The Hall–Kier alpha value is -4.44. The van der Waals surface area contributed by atoms with E-state index in [1.165, 1.54) is 6.08 Å². The second-order valence-electron chi connectivity index (χ2n) is 7.46. The van der Waals surface area contributed by atoms with Crippen molar-refractivity contribution >= 4 is 23.4 Å². The lowest BCUT2D eigenvalue weighted by atomic mass is 10.1. The van der Waals surface area contributed by atoms with Gasteiger partial charge >= 0.3 is 5.97 Å². The molecule has 7 nitrogen and oxygen atoms in total. The summed E-state index contributed by atoms with van der Waals surface area (Å²) in [4.78, 5) is 11.9. The van der Waals surface area contributed by atoms with E-state index in [0.717, 1.165) is 29.0 Å². The zero-order valence-electron chi connectivity index (χ0n) is 18.8. The third-order valence-corrected chi connectivity index (χ3v) is 4.89. The van der Waals surface area contributed by atoms with Gasteiger partial charge in [0.15, 0.2) is 0 Å². The highest BCUT2D eigenvalue weighted by atomic mass is 16.5. The minimum atomic E-state index is -0.420. The molecule has 0 saturated carbocycles. The van der Waals surface area contributed by atoms with Crippen LogP contribution in [0, 0.1) is 11.3 Å². The summed E-state index contributed by atoms with van der Waals surface area (Å²) in [5.41, 5.74) is 15.1. The van der Waals surface area contributed by atoms with Crippen molar-refractivity contribution in [3.8, 4) is 17.6 Å². The maximum absolute atomic E-state index is 11.9. The van der Waals surface area contributed by atoms with Crippen LogP contribution in [0.1, 0.15) is 23.1 Å². The van der Waals surface area contributed by atoms with Gasteiger partial charge < -0.3 is 25.7 Å². The van der Waals surface area contributed by atoms with E-state index in [-0.39, 0.29) is 6.61 Å². The highest BCUT2D eigenvalue weighted by Gasteiger charge is 2.03. The highest BCUT2D eigenvalue weighted by Crippen LogP contribution is 2.17. The van der Waals surface area contributed by atoms with E-state index in [1.807, 2.05) is 30.3 Å². The molecule has 0 aliphatic rings. The third-order valence-electron chi connectivity index (χ3n) is 4.89. The van der Waals surface area contributed by atoms with Gasteiger partial charge in [-0.05, 0) is 65.7 Å². The highest BCUT2D eigenvalue weighted by molar-refractivity contribution is 5.87. The molecule has 3 aromatic rings. The Morgan fingerprint density at radius 2 is 1.53 bits per heavy atom. The van der Waals surface area contributed by atoms with E-state index >= 15 is 0 Å². The van der Waals surface area contributed by atoms with Crippen LogP contribution >= 0.6 is 0 Å². The first-order chi connectivity index (χ1) is 16.5. The summed E-state index contributed by atoms with van der Waals surface area (Å²) in [6, 6.07) is 21.8. The Labute approximate surface area is 199 Å². The topological polar surface area (TPSA) is 121 Å². The molecule has 3 rings (SSSR count). The fourth-order valence-corrected chi connectivity index (χ4v) is 3.05. The average Bonchev–Trinajstić information content (AvgIpc) is 2.85. The van der Waals surface area contributed by atoms with Crippen molar-refractivity contribution in [2.45, 2.75) is 12.8 Å². The molecule has 0 aromatic heterocycles. The summed E-state index contributed by atoms with van der Waals surface area (Å²) >= 11 is 0. The Kier molecular flexibility index (Phi) is 8.94. The maximum Gasteiger partial charge on any atom is 0.330 e.